The summed E-state index contributed by atoms with van der Waals surface area (Å²) in [6.07, 6.45) is -0.0769. The summed E-state index contributed by atoms with van der Waals surface area (Å²) >= 11 is 0. The Hall–Kier alpha value is -1.44. The zero-order chi connectivity index (χ0) is 14.5. The van der Waals surface area contributed by atoms with Gasteiger partial charge in [-0.1, -0.05) is 6.92 Å². The number of carbonyl (C=O) groups is 1. The van der Waals surface area contributed by atoms with E-state index in [2.05, 4.69) is 9.72 Å². The van der Waals surface area contributed by atoms with Crippen molar-refractivity contribution in [3.05, 3.63) is 18.2 Å². The first-order valence-corrected chi connectivity index (χ1v) is 5.66. The van der Waals surface area contributed by atoms with E-state index >= 15 is 0 Å². The third-order valence-electron chi connectivity index (χ3n) is 2.28. The van der Waals surface area contributed by atoms with E-state index in [4.69, 9.17) is 0 Å². The van der Waals surface area contributed by atoms with Gasteiger partial charge in [0.05, 0.1) is 0 Å². The van der Waals surface area contributed by atoms with E-state index in [9.17, 15) is 22.4 Å². The molecule has 0 aliphatic rings. The predicted molar refractivity (Wildman–Crippen MR) is 58.6 cm³/mol. The molecule has 1 rings (SSSR count). The molecule has 108 valence electrons. The molecule has 0 saturated carbocycles. The van der Waals surface area contributed by atoms with Crippen LogP contribution in [0, 0.1) is 0 Å². The summed E-state index contributed by atoms with van der Waals surface area (Å²) in [6.45, 7) is 0.246. The van der Waals surface area contributed by atoms with Crippen LogP contribution in [0.2, 0.25) is 0 Å². The van der Waals surface area contributed by atoms with Gasteiger partial charge in [0.25, 0.3) is 0 Å². The van der Waals surface area contributed by atoms with Crippen molar-refractivity contribution in [2.24, 2.45) is 0 Å². The lowest BCUT2D eigenvalue weighted by atomic mass is 10.3. The zero-order valence-corrected chi connectivity index (χ0v) is 10.3. The molecule has 0 bridgehead atoms. The Labute approximate surface area is 107 Å². The fourth-order valence-corrected chi connectivity index (χ4v) is 1.39. The van der Waals surface area contributed by atoms with Crippen LogP contribution >= 0.6 is 0 Å². The Kier molecular flexibility index (Phi) is 5.46. The lowest BCUT2D eigenvalue weighted by Gasteiger charge is -2.14. The highest BCUT2D eigenvalue weighted by atomic mass is 19.3. The monoisotopic (exact) mass is 282 g/mol. The Morgan fingerprint density at radius 1 is 1.53 bits per heavy atom. The highest BCUT2D eigenvalue weighted by Gasteiger charge is 2.41. The maximum atomic E-state index is 12.5. The number of halogens is 4. The van der Waals surface area contributed by atoms with Crippen molar-refractivity contribution in [3.8, 4) is 0 Å². The summed E-state index contributed by atoms with van der Waals surface area (Å²) in [5.74, 6) is -4.80. The quantitative estimate of drug-likeness (QED) is 0.543. The number of nitrogens with zero attached hydrogens (tertiary/aromatic N) is 2. The van der Waals surface area contributed by atoms with E-state index in [1.807, 2.05) is 6.92 Å². The molecule has 0 amide bonds. The second-order valence-corrected chi connectivity index (χ2v) is 3.92. The first-order valence-electron chi connectivity index (χ1n) is 5.66. The van der Waals surface area contributed by atoms with E-state index in [1.165, 1.54) is 6.20 Å². The molecule has 4 nitrogen and oxygen atoms in total. The molecule has 0 unspecified atom stereocenters. The highest BCUT2D eigenvalue weighted by Crippen LogP contribution is 2.22. The van der Waals surface area contributed by atoms with Gasteiger partial charge in [0, 0.05) is 18.9 Å². The molecule has 0 aromatic carbocycles. The number of ketones is 1. The topological polar surface area (TPSA) is 44.1 Å². The lowest BCUT2D eigenvalue weighted by Crippen LogP contribution is -2.33. The van der Waals surface area contributed by atoms with E-state index in [0.29, 0.717) is 6.54 Å². The van der Waals surface area contributed by atoms with Crippen LogP contribution in [0.4, 0.5) is 17.6 Å². The van der Waals surface area contributed by atoms with Crippen LogP contribution in [0.5, 0.6) is 0 Å². The van der Waals surface area contributed by atoms with Crippen LogP contribution in [0.25, 0.3) is 0 Å². The van der Waals surface area contributed by atoms with E-state index in [1.54, 1.807) is 10.8 Å². The average Bonchev–Trinajstić information content (AvgIpc) is 2.77. The molecular weight excluding hydrogens is 268 g/mol. The number of ether oxygens (including phenoxy) is 1. The molecule has 0 N–H and O–H groups in total. The summed E-state index contributed by atoms with van der Waals surface area (Å²) in [4.78, 5) is 15.4. The number of imidazole rings is 1. The first kappa shape index (κ1) is 15.6. The summed E-state index contributed by atoms with van der Waals surface area (Å²) in [5.41, 5.74) is 0. The van der Waals surface area contributed by atoms with Gasteiger partial charge in [0.1, 0.15) is 13.2 Å². The van der Waals surface area contributed by atoms with Gasteiger partial charge in [-0.05, 0) is 6.42 Å². The van der Waals surface area contributed by atoms with Gasteiger partial charge in [-0.15, -0.1) is 0 Å². The normalized spacial score (nSPS) is 12.1. The number of alkyl halides is 4. The van der Waals surface area contributed by atoms with Crippen molar-refractivity contribution in [2.75, 3.05) is 13.2 Å². The largest absolute Gasteiger partial charge is 0.367 e. The van der Waals surface area contributed by atoms with Gasteiger partial charge in [-0.3, -0.25) is 4.79 Å². The number of Topliss-reactive ketones (excluding diaryl/α,β-unsaturated/α-hetero) is 1. The van der Waals surface area contributed by atoms with Crippen molar-refractivity contribution in [1.82, 2.24) is 9.55 Å². The minimum Gasteiger partial charge on any atom is -0.367 e. The van der Waals surface area contributed by atoms with Crippen LogP contribution in [-0.4, -0.2) is 40.9 Å². The fourth-order valence-electron chi connectivity index (χ4n) is 1.39. The molecule has 8 heteroatoms. The van der Waals surface area contributed by atoms with E-state index in [-0.39, 0.29) is 5.82 Å². The Bertz CT molecular complexity index is 421. The highest BCUT2D eigenvalue weighted by molar-refractivity contribution is 5.93. The van der Waals surface area contributed by atoms with Crippen molar-refractivity contribution >= 4 is 5.78 Å². The number of rotatable bonds is 8. The van der Waals surface area contributed by atoms with Gasteiger partial charge < -0.3 is 9.30 Å². The second kappa shape index (κ2) is 6.65. The summed E-state index contributed by atoms with van der Waals surface area (Å²) in [5, 5.41) is 0. The number of hydrogen-bond donors (Lipinski definition) is 0. The molecule has 1 aromatic heterocycles. The van der Waals surface area contributed by atoms with Gasteiger partial charge in [-0.25, -0.2) is 13.8 Å². The van der Waals surface area contributed by atoms with Gasteiger partial charge in [0.15, 0.2) is 5.82 Å². The maximum absolute atomic E-state index is 12.5. The van der Waals surface area contributed by atoms with Crippen molar-refractivity contribution in [3.63, 3.8) is 0 Å². The van der Waals surface area contributed by atoms with Crippen LogP contribution in [0.1, 0.15) is 24.0 Å². The lowest BCUT2D eigenvalue weighted by molar-refractivity contribution is -0.163. The molecule has 0 radical (unpaired) electrons. The average molecular weight is 282 g/mol. The molecule has 0 fully saturated rings. The molecule has 19 heavy (non-hydrogen) atoms. The standard InChI is InChI=1S/C11H14F4N2O2/c1-2-4-17-5-3-16-9(17)8(18)6-19-7-11(14,15)10(12)13/h3,5,10H,2,4,6-7H2,1H3. The molecule has 0 saturated heterocycles. The molecule has 1 heterocycles. The smallest absolute Gasteiger partial charge is 0.330 e. The third-order valence-corrected chi connectivity index (χ3v) is 2.28. The van der Waals surface area contributed by atoms with Crippen LogP contribution in [-0.2, 0) is 11.3 Å². The molecule has 0 aliphatic heterocycles. The Morgan fingerprint density at radius 2 is 2.21 bits per heavy atom. The predicted octanol–water partition coefficient (Wildman–Crippen LogP) is 2.39. The molecular formula is C11H14F4N2O2. The molecule has 0 aliphatic carbocycles. The number of aryl methyl sites for hydroxylation is 1. The summed E-state index contributed by atoms with van der Waals surface area (Å²) in [7, 11) is 0. The number of hydrogen-bond acceptors (Lipinski definition) is 3. The first-order chi connectivity index (χ1) is 8.88. The molecule has 0 spiro atoms. The van der Waals surface area contributed by atoms with Gasteiger partial charge >= 0.3 is 12.3 Å². The van der Waals surface area contributed by atoms with E-state index in [0.717, 1.165) is 6.42 Å². The van der Waals surface area contributed by atoms with Crippen LogP contribution < -0.4 is 0 Å². The molecule has 0 atom stereocenters. The minimum absolute atomic E-state index is 0.0715. The van der Waals surface area contributed by atoms with Crippen LogP contribution in [0.15, 0.2) is 12.4 Å². The van der Waals surface area contributed by atoms with Crippen molar-refractivity contribution < 1.29 is 27.1 Å². The third kappa shape index (κ3) is 4.30. The summed E-state index contributed by atoms with van der Waals surface area (Å²) < 4.78 is 54.6. The second-order valence-electron chi connectivity index (χ2n) is 3.92. The Balaban J connectivity index is 2.50. The van der Waals surface area contributed by atoms with Crippen LogP contribution in [0.3, 0.4) is 0 Å². The maximum Gasteiger partial charge on any atom is 0.330 e. The summed E-state index contributed by atoms with van der Waals surface area (Å²) in [6, 6.07) is 0. The van der Waals surface area contributed by atoms with Gasteiger partial charge in [-0.2, -0.15) is 8.78 Å². The van der Waals surface area contributed by atoms with Gasteiger partial charge in [0.2, 0.25) is 5.78 Å². The number of aromatic nitrogens is 2. The SMILES string of the molecule is CCCn1ccnc1C(=O)COCC(F)(F)C(F)F. The fraction of sp³-hybridized carbons (Fsp3) is 0.636. The van der Waals surface area contributed by atoms with Crippen molar-refractivity contribution in [2.45, 2.75) is 32.2 Å². The zero-order valence-electron chi connectivity index (χ0n) is 10.3. The van der Waals surface area contributed by atoms with Crippen molar-refractivity contribution in [1.29, 1.82) is 0 Å². The van der Waals surface area contributed by atoms with E-state index < -0.39 is 31.3 Å². The molecule has 1 aromatic rings. The number of carbonyl (C=O) groups excluding carboxylic acids is 1. The Morgan fingerprint density at radius 3 is 2.79 bits per heavy atom. The minimum atomic E-state index is -4.25.